The molecule has 4 nitrogen and oxygen atoms in total. The molecule has 0 radical (unpaired) electrons. The van der Waals surface area contributed by atoms with E-state index in [2.05, 4.69) is 4.72 Å². The van der Waals surface area contributed by atoms with Crippen molar-refractivity contribution >= 4 is 11.0 Å². The van der Waals surface area contributed by atoms with Gasteiger partial charge in [-0.1, -0.05) is 6.07 Å². The van der Waals surface area contributed by atoms with Crippen molar-refractivity contribution in [2.24, 2.45) is 0 Å². The van der Waals surface area contributed by atoms with Gasteiger partial charge in [0.1, 0.15) is 0 Å². The molecule has 2 rings (SSSR count). The summed E-state index contributed by atoms with van der Waals surface area (Å²) in [5.41, 5.74) is 1.15. The highest BCUT2D eigenvalue weighted by Crippen LogP contribution is 2.32. The van der Waals surface area contributed by atoms with Gasteiger partial charge in [0, 0.05) is 6.54 Å². The standard InChI is InChI=1S/C13H19NO3S/c1-13(2,3)18(15)14-7-6-10-4-5-11-12(8-10)17-9-16-11/h4-5,8,14H,6-7,9H2,1-3H3. The van der Waals surface area contributed by atoms with E-state index < -0.39 is 11.0 Å². The second-order valence-corrected chi connectivity index (χ2v) is 7.26. The van der Waals surface area contributed by atoms with Crippen molar-refractivity contribution in [3.63, 3.8) is 0 Å². The maximum Gasteiger partial charge on any atom is 0.231 e. The summed E-state index contributed by atoms with van der Waals surface area (Å²) >= 11 is 0. The molecule has 1 heterocycles. The number of fused-ring (bicyclic) bond motifs is 1. The van der Waals surface area contributed by atoms with Crippen LogP contribution < -0.4 is 14.2 Å². The summed E-state index contributed by atoms with van der Waals surface area (Å²) in [4.78, 5) is 0. The summed E-state index contributed by atoms with van der Waals surface area (Å²) in [6.45, 7) is 6.85. The summed E-state index contributed by atoms with van der Waals surface area (Å²) in [5, 5.41) is 0. The fourth-order valence-electron chi connectivity index (χ4n) is 1.60. The number of hydrogen-bond acceptors (Lipinski definition) is 3. The van der Waals surface area contributed by atoms with Crippen molar-refractivity contribution < 1.29 is 13.7 Å². The summed E-state index contributed by atoms with van der Waals surface area (Å²) in [6.07, 6.45) is 0.818. The van der Waals surface area contributed by atoms with Crippen LogP contribution in [0.5, 0.6) is 11.5 Å². The van der Waals surface area contributed by atoms with E-state index in [-0.39, 0.29) is 4.75 Å². The van der Waals surface area contributed by atoms with Gasteiger partial charge in [-0.05, 0) is 44.9 Å². The Morgan fingerprint density at radius 2 is 2.00 bits per heavy atom. The lowest BCUT2D eigenvalue weighted by molar-refractivity contribution is 0.174. The number of hydrogen-bond donors (Lipinski definition) is 1. The smallest absolute Gasteiger partial charge is 0.231 e. The molecule has 0 amide bonds. The first-order valence-electron chi connectivity index (χ1n) is 6.01. The van der Waals surface area contributed by atoms with Crippen LogP contribution in [0, 0.1) is 0 Å². The van der Waals surface area contributed by atoms with Crippen LogP contribution in [-0.2, 0) is 17.4 Å². The summed E-state index contributed by atoms with van der Waals surface area (Å²) < 4.78 is 25.2. The predicted octanol–water partition coefficient (Wildman–Crippen LogP) is 2.01. The fourth-order valence-corrected chi connectivity index (χ4v) is 2.32. The van der Waals surface area contributed by atoms with Gasteiger partial charge in [0.15, 0.2) is 11.5 Å². The van der Waals surface area contributed by atoms with Crippen LogP contribution in [0.1, 0.15) is 26.3 Å². The number of ether oxygens (including phenoxy) is 2. The number of benzene rings is 1. The minimum absolute atomic E-state index is 0.227. The van der Waals surface area contributed by atoms with Gasteiger partial charge < -0.3 is 9.47 Å². The summed E-state index contributed by atoms with van der Waals surface area (Å²) in [6, 6.07) is 5.90. The highest BCUT2D eigenvalue weighted by atomic mass is 32.2. The number of nitrogens with one attached hydrogen (secondary N) is 1. The highest BCUT2D eigenvalue weighted by Gasteiger charge is 2.19. The van der Waals surface area contributed by atoms with Crippen LogP contribution in [0.15, 0.2) is 18.2 Å². The van der Waals surface area contributed by atoms with Gasteiger partial charge in [-0.3, -0.25) is 0 Å². The molecule has 0 saturated carbocycles. The minimum atomic E-state index is -1.02. The van der Waals surface area contributed by atoms with Crippen LogP contribution in [0.3, 0.4) is 0 Å². The van der Waals surface area contributed by atoms with Gasteiger partial charge in [-0.2, -0.15) is 0 Å². The molecule has 1 aliphatic heterocycles. The van der Waals surface area contributed by atoms with E-state index in [0.717, 1.165) is 23.5 Å². The Hall–Kier alpha value is -1.07. The van der Waals surface area contributed by atoms with Gasteiger partial charge in [0.05, 0.1) is 15.7 Å². The van der Waals surface area contributed by atoms with Crippen molar-refractivity contribution in [2.75, 3.05) is 13.3 Å². The van der Waals surface area contributed by atoms with E-state index in [9.17, 15) is 4.21 Å². The van der Waals surface area contributed by atoms with E-state index in [1.807, 2.05) is 39.0 Å². The zero-order valence-corrected chi connectivity index (χ0v) is 11.8. The first-order chi connectivity index (χ1) is 8.47. The molecule has 1 atom stereocenters. The topological polar surface area (TPSA) is 47.6 Å². The van der Waals surface area contributed by atoms with Crippen LogP contribution in [0.2, 0.25) is 0 Å². The zero-order valence-electron chi connectivity index (χ0n) is 11.0. The largest absolute Gasteiger partial charge is 0.454 e. The molecule has 1 unspecified atom stereocenters. The molecule has 1 aromatic rings. The SMILES string of the molecule is CC(C)(C)S(=O)NCCc1ccc2c(c1)OCO2. The third kappa shape index (κ3) is 3.23. The van der Waals surface area contributed by atoms with E-state index >= 15 is 0 Å². The molecule has 1 N–H and O–H groups in total. The van der Waals surface area contributed by atoms with Crippen LogP contribution >= 0.6 is 0 Å². The first-order valence-corrected chi connectivity index (χ1v) is 7.16. The second-order valence-electron chi connectivity index (χ2n) is 5.21. The lowest BCUT2D eigenvalue weighted by Crippen LogP contribution is -2.34. The first kappa shape index (κ1) is 13.4. The monoisotopic (exact) mass is 269 g/mol. The van der Waals surface area contributed by atoms with Crippen LogP contribution in [0.25, 0.3) is 0 Å². The zero-order chi connectivity index (χ0) is 13.2. The van der Waals surface area contributed by atoms with Crippen molar-refractivity contribution in [3.05, 3.63) is 23.8 Å². The van der Waals surface area contributed by atoms with Gasteiger partial charge >= 0.3 is 0 Å². The second kappa shape index (κ2) is 5.28. The molecule has 0 spiro atoms. The molecular weight excluding hydrogens is 250 g/mol. The molecule has 0 bridgehead atoms. The van der Waals surface area contributed by atoms with Crippen molar-refractivity contribution in [2.45, 2.75) is 31.9 Å². The van der Waals surface area contributed by atoms with Crippen LogP contribution in [0.4, 0.5) is 0 Å². The van der Waals surface area contributed by atoms with E-state index in [1.54, 1.807) is 0 Å². The average molecular weight is 269 g/mol. The van der Waals surface area contributed by atoms with E-state index in [4.69, 9.17) is 9.47 Å². The molecule has 0 saturated heterocycles. The van der Waals surface area contributed by atoms with Crippen molar-refractivity contribution in [1.82, 2.24) is 4.72 Å². The van der Waals surface area contributed by atoms with Crippen LogP contribution in [-0.4, -0.2) is 22.3 Å². The molecule has 0 fully saturated rings. The normalized spacial score (nSPS) is 15.7. The molecular formula is C13H19NO3S. The Balaban J connectivity index is 1.86. The average Bonchev–Trinajstić information content (AvgIpc) is 2.74. The molecule has 5 heteroatoms. The lowest BCUT2D eigenvalue weighted by atomic mass is 10.1. The Morgan fingerprint density at radius 3 is 2.72 bits per heavy atom. The molecule has 0 aromatic heterocycles. The minimum Gasteiger partial charge on any atom is -0.454 e. The van der Waals surface area contributed by atoms with Crippen molar-refractivity contribution in [3.8, 4) is 11.5 Å². The summed E-state index contributed by atoms with van der Waals surface area (Å²) in [5.74, 6) is 1.59. The Bertz CT molecular complexity index is 454. The van der Waals surface area contributed by atoms with Gasteiger partial charge in [0.2, 0.25) is 6.79 Å². The third-order valence-corrected chi connectivity index (χ3v) is 4.22. The molecule has 18 heavy (non-hydrogen) atoms. The highest BCUT2D eigenvalue weighted by molar-refractivity contribution is 7.84. The predicted molar refractivity (Wildman–Crippen MR) is 72.2 cm³/mol. The molecule has 0 aliphatic carbocycles. The fraction of sp³-hybridized carbons (Fsp3) is 0.538. The Labute approximate surface area is 110 Å². The Morgan fingerprint density at radius 1 is 1.28 bits per heavy atom. The third-order valence-electron chi connectivity index (χ3n) is 2.64. The van der Waals surface area contributed by atoms with Gasteiger partial charge in [-0.15, -0.1) is 0 Å². The van der Waals surface area contributed by atoms with Gasteiger partial charge in [0.25, 0.3) is 0 Å². The lowest BCUT2D eigenvalue weighted by Gasteiger charge is -2.18. The maximum atomic E-state index is 11.8. The molecule has 1 aromatic carbocycles. The van der Waals surface area contributed by atoms with Gasteiger partial charge in [-0.25, -0.2) is 8.93 Å². The summed E-state index contributed by atoms with van der Waals surface area (Å²) in [7, 11) is -1.02. The maximum absolute atomic E-state index is 11.8. The van der Waals surface area contributed by atoms with Crippen molar-refractivity contribution in [1.29, 1.82) is 0 Å². The van der Waals surface area contributed by atoms with E-state index in [0.29, 0.717) is 13.3 Å². The quantitative estimate of drug-likeness (QED) is 0.909. The Kier molecular flexibility index (Phi) is 3.92. The molecule has 100 valence electrons. The molecule has 1 aliphatic rings. The van der Waals surface area contributed by atoms with E-state index in [1.165, 1.54) is 0 Å². The number of rotatable bonds is 4.